The summed E-state index contributed by atoms with van der Waals surface area (Å²) in [5, 5.41) is 4.65. The van der Waals surface area contributed by atoms with Crippen LogP contribution in [-0.2, 0) is 4.79 Å². The Kier molecular flexibility index (Phi) is 4.06. The maximum atomic E-state index is 12.4. The Bertz CT molecular complexity index is 669. The Labute approximate surface area is 132 Å². The van der Waals surface area contributed by atoms with Crippen molar-refractivity contribution in [1.29, 1.82) is 0 Å². The standard InChI is InChI=1S/C15H16N4O2S/c16-13-6-5-10(9-17-13)18-14(20)11-3-1-7-19(11)15(21)12-4-2-8-22-12/h2,4-6,8-9,11H,1,3,7H2,(H2,16,17)(H,18,20). The Hall–Kier alpha value is -2.41. The number of rotatable bonds is 3. The first-order valence-corrected chi connectivity index (χ1v) is 7.90. The van der Waals surface area contributed by atoms with Gasteiger partial charge in [-0.2, -0.15) is 0 Å². The molecule has 0 aliphatic carbocycles. The van der Waals surface area contributed by atoms with Crippen LogP contribution in [0.1, 0.15) is 22.5 Å². The molecule has 6 nitrogen and oxygen atoms in total. The Morgan fingerprint density at radius 1 is 1.36 bits per heavy atom. The molecule has 22 heavy (non-hydrogen) atoms. The summed E-state index contributed by atoms with van der Waals surface area (Å²) in [5.41, 5.74) is 6.10. The van der Waals surface area contributed by atoms with E-state index in [9.17, 15) is 9.59 Å². The van der Waals surface area contributed by atoms with Gasteiger partial charge in [0, 0.05) is 6.54 Å². The minimum Gasteiger partial charge on any atom is -0.384 e. The fraction of sp³-hybridized carbons (Fsp3) is 0.267. The molecule has 2 aromatic rings. The lowest BCUT2D eigenvalue weighted by molar-refractivity contribution is -0.119. The summed E-state index contributed by atoms with van der Waals surface area (Å²) in [6.07, 6.45) is 3.01. The molecule has 3 heterocycles. The first-order valence-electron chi connectivity index (χ1n) is 7.02. The maximum Gasteiger partial charge on any atom is 0.264 e. The number of nitrogens with two attached hydrogens (primary N) is 1. The molecule has 0 radical (unpaired) electrons. The number of hydrogen-bond donors (Lipinski definition) is 2. The van der Waals surface area contributed by atoms with Crippen molar-refractivity contribution in [3.05, 3.63) is 40.7 Å². The average molecular weight is 316 g/mol. The van der Waals surface area contributed by atoms with Crippen molar-refractivity contribution < 1.29 is 9.59 Å². The van der Waals surface area contributed by atoms with Crippen molar-refractivity contribution in [3.63, 3.8) is 0 Å². The summed E-state index contributed by atoms with van der Waals surface area (Å²) < 4.78 is 0. The summed E-state index contributed by atoms with van der Waals surface area (Å²) in [7, 11) is 0. The monoisotopic (exact) mass is 316 g/mol. The van der Waals surface area contributed by atoms with Crippen LogP contribution >= 0.6 is 11.3 Å². The molecule has 3 N–H and O–H groups in total. The van der Waals surface area contributed by atoms with Gasteiger partial charge in [-0.25, -0.2) is 4.98 Å². The molecule has 1 aliphatic heterocycles. The number of nitrogens with one attached hydrogen (secondary N) is 1. The van der Waals surface area contributed by atoms with E-state index < -0.39 is 6.04 Å². The predicted octanol–water partition coefficient (Wildman–Crippen LogP) is 1.97. The van der Waals surface area contributed by atoms with E-state index in [4.69, 9.17) is 5.73 Å². The molecule has 114 valence electrons. The van der Waals surface area contributed by atoms with Crippen LogP contribution in [0.4, 0.5) is 11.5 Å². The van der Waals surface area contributed by atoms with Gasteiger partial charge in [-0.15, -0.1) is 11.3 Å². The quantitative estimate of drug-likeness (QED) is 0.906. The van der Waals surface area contributed by atoms with E-state index in [0.717, 1.165) is 6.42 Å². The number of aromatic nitrogens is 1. The number of carbonyl (C=O) groups is 2. The van der Waals surface area contributed by atoms with Crippen LogP contribution in [-0.4, -0.2) is 34.3 Å². The highest BCUT2D eigenvalue weighted by atomic mass is 32.1. The van der Waals surface area contributed by atoms with Gasteiger partial charge in [0.25, 0.3) is 5.91 Å². The molecule has 2 amide bonds. The van der Waals surface area contributed by atoms with Crippen LogP contribution in [0.15, 0.2) is 35.8 Å². The van der Waals surface area contributed by atoms with Crippen molar-refractivity contribution in [2.45, 2.75) is 18.9 Å². The second-order valence-corrected chi connectivity index (χ2v) is 6.04. The Morgan fingerprint density at radius 3 is 2.91 bits per heavy atom. The number of thiophene rings is 1. The van der Waals surface area contributed by atoms with E-state index in [1.807, 2.05) is 11.4 Å². The van der Waals surface area contributed by atoms with Crippen molar-refractivity contribution in [2.24, 2.45) is 0 Å². The fourth-order valence-corrected chi connectivity index (χ4v) is 3.21. The summed E-state index contributed by atoms with van der Waals surface area (Å²) in [6, 6.07) is 6.50. The minimum atomic E-state index is -0.438. The van der Waals surface area contributed by atoms with Crippen molar-refractivity contribution >= 4 is 34.7 Å². The van der Waals surface area contributed by atoms with Crippen molar-refractivity contribution in [1.82, 2.24) is 9.88 Å². The lowest BCUT2D eigenvalue weighted by Crippen LogP contribution is -2.42. The van der Waals surface area contributed by atoms with Crippen LogP contribution in [0, 0.1) is 0 Å². The first kappa shape index (κ1) is 14.5. The minimum absolute atomic E-state index is 0.0805. The molecule has 0 saturated carbocycles. The van der Waals surface area contributed by atoms with E-state index in [1.165, 1.54) is 17.5 Å². The molecule has 2 aromatic heterocycles. The van der Waals surface area contributed by atoms with E-state index >= 15 is 0 Å². The van der Waals surface area contributed by atoms with E-state index in [0.29, 0.717) is 29.3 Å². The van der Waals surface area contributed by atoms with Crippen LogP contribution < -0.4 is 11.1 Å². The molecule has 1 atom stereocenters. The van der Waals surface area contributed by atoms with Gasteiger partial charge in [-0.3, -0.25) is 9.59 Å². The normalized spacial score (nSPS) is 17.5. The third-order valence-corrected chi connectivity index (χ3v) is 4.46. The third-order valence-electron chi connectivity index (χ3n) is 3.60. The van der Waals surface area contributed by atoms with Gasteiger partial charge >= 0.3 is 0 Å². The van der Waals surface area contributed by atoms with Gasteiger partial charge in [-0.05, 0) is 36.4 Å². The van der Waals surface area contributed by atoms with Gasteiger partial charge in [0.1, 0.15) is 11.9 Å². The molecular formula is C15H16N4O2S. The van der Waals surface area contributed by atoms with Gasteiger partial charge in [-0.1, -0.05) is 6.07 Å². The predicted molar refractivity (Wildman–Crippen MR) is 85.7 cm³/mol. The molecule has 1 unspecified atom stereocenters. The Morgan fingerprint density at radius 2 is 2.23 bits per heavy atom. The highest BCUT2D eigenvalue weighted by molar-refractivity contribution is 7.12. The number of nitrogens with zero attached hydrogens (tertiary/aromatic N) is 2. The van der Waals surface area contributed by atoms with Crippen LogP contribution in [0.3, 0.4) is 0 Å². The van der Waals surface area contributed by atoms with E-state index in [1.54, 1.807) is 23.1 Å². The van der Waals surface area contributed by atoms with Gasteiger partial charge < -0.3 is 16.0 Å². The SMILES string of the molecule is Nc1ccc(NC(=O)C2CCCN2C(=O)c2cccs2)cn1. The lowest BCUT2D eigenvalue weighted by atomic mass is 10.2. The summed E-state index contributed by atoms with van der Waals surface area (Å²) in [4.78, 5) is 31.1. The number of anilines is 2. The molecule has 0 bridgehead atoms. The highest BCUT2D eigenvalue weighted by Gasteiger charge is 2.34. The summed E-state index contributed by atoms with van der Waals surface area (Å²) >= 11 is 1.39. The number of likely N-dealkylation sites (tertiary alicyclic amines) is 1. The van der Waals surface area contributed by atoms with Crippen molar-refractivity contribution in [2.75, 3.05) is 17.6 Å². The molecule has 3 rings (SSSR count). The number of hydrogen-bond acceptors (Lipinski definition) is 5. The Balaban J connectivity index is 1.71. The summed E-state index contributed by atoms with van der Waals surface area (Å²) in [6.45, 7) is 0.606. The molecule has 1 saturated heterocycles. The lowest BCUT2D eigenvalue weighted by Gasteiger charge is -2.23. The summed E-state index contributed by atoms with van der Waals surface area (Å²) in [5.74, 6) is 0.130. The second-order valence-electron chi connectivity index (χ2n) is 5.09. The third kappa shape index (κ3) is 2.94. The molecular weight excluding hydrogens is 300 g/mol. The average Bonchev–Trinajstić information content (AvgIpc) is 3.20. The largest absolute Gasteiger partial charge is 0.384 e. The second kappa shape index (κ2) is 6.15. The van der Waals surface area contributed by atoms with E-state index in [-0.39, 0.29) is 11.8 Å². The molecule has 7 heteroatoms. The van der Waals surface area contributed by atoms with Crippen LogP contribution in [0.5, 0.6) is 0 Å². The highest BCUT2D eigenvalue weighted by Crippen LogP contribution is 2.23. The molecule has 0 spiro atoms. The van der Waals surface area contributed by atoms with Gasteiger partial charge in [0.05, 0.1) is 16.8 Å². The number of carbonyl (C=O) groups excluding carboxylic acids is 2. The molecule has 0 aromatic carbocycles. The van der Waals surface area contributed by atoms with Crippen molar-refractivity contribution in [3.8, 4) is 0 Å². The first-order chi connectivity index (χ1) is 10.6. The number of nitrogen functional groups attached to an aromatic ring is 1. The molecule has 1 fully saturated rings. The fourth-order valence-electron chi connectivity index (χ4n) is 2.53. The zero-order valence-corrected chi connectivity index (χ0v) is 12.7. The van der Waals surface area contributed by atoms with Gasteiger partial charge in [0.2, 0.25) is 5.91 Å². The zero-order chi connectivity index (χ0) is 15.5. The van der Waals surface area contributed by atoms with Gasteiger partial charge in [0.15, 0.2) is 0 Å². The van der Waals surface area contributed by atoms with E-state index in [2.05, 4.69) is 10.3 Å². The zero-order valence-electron chi connectivity index (χ0n) is 11.9. The number of pyridine rings is 1. The van der Waals surface area contributed by atoms with Crippen LogP contribution in [0.25, 0.3) is 0 Å². The topological polar surface area (TPSA) is 88.3 Å². The smallest absolute Gasteiger partial charge is 0.264 e. The van der Waals surface area contributed by atoms with Crippen LogP contribution in [0.2, 0.25) is 0 Å². The maximum absolute atomic E-state index is 12.4. The number of amides is 2. The molecule has 1 aliphatic rings.